The van der Waals surface area contributed by atoms with Gasteiger partial charge in [0.05, 0.1) is 6.61 Å². The Bertz CT molecular complexity index is 286. The van der Waals surface area contributed by atoms with Crippen molar-refractivity contribution in [1.82, 2.24) is 0 Å². The van der Waals surface area contributed by atoms with Gasteiger partial charge in [0.1, 0.15) is 5.75 Å². The summed E-state index contributed by atoms with van der Waals surface area (Å²) in [4.78, 5) is 0. The average Bonchev–Trinajstić information content (AvgIpc) is 2.27. The molecule has 0 saturated carbocycles. The fourth-order valence-electron chi connectivity index (χ4n) is 1.65. The highest BCUT2D eigenvalue weighted by Crippen LogP contribution is 2.26. The van der Waals surface area contributed by atoms with Gasteiger partial charge in [-0.3, -0.25) is 0 Å². The molecule has 0 radical (unpaired) electrons. The van der Waals surface area contributed by atoms with Crippen molar-refractivity contribution in [3.05, 3.63) is 29.8 Å². The molecule has 0 spiro atoms. The summed E-state index contributed by atoms with van der Waals surface area (Å²) < 4.78 is 5.56. The van der Waals surface area contributed by atoms with E-state index in [9.17, 15) is 0 Å². The lowest BCUT2D eigenvalue weighted by Gasteiger charge is -2.15. The third-order valence-electron chi connectivity index (χ3n) is 2.49. The van der Waals surface area contributed by atoms with Gasteiger partial charge in [-0.25, -0.2) is 0 Å². The van der Waals surface area contributed by atoms with Gasteiger partial charge in [-0.05, 0) is 19.4 Å². The lowest BCUT2D eigenvalue weighted by molar-refractivity contribution is 0.333. The van der Waals surface area contributed by atoms with Gasteiger partial charge in [-0.2, -0.15) is 0 Å². The predicted molar refractivity (Wildman–Crippen MR) is 64.1 cm³/mol. The maximum Gasteiger partial charge on any atom is 0.124 e. The number of ether oxygens (including phenoxy) is 1. The summed E-state index contributed by atoms with van der Waals surface area (Å²) in [6.45, 7) is 4.87. The van der Waals surface area contributed by atoms with E-state index in [1.807, 2.05) is 25.1 Å². The molecule has 2 N–H and O–H groups in total. The quantitative estimate of drug-likeness (QED) is 0.777. The van der Waals surface area contributed by atoms with Crippen molar-refractivity contribution in [3.8, 4) is 5.75 Å². The highest BCUT2D eigenvalue weighted by atomic mass is 16.5. The Morgan fingerprint density at radius 1 is 1.27 bits per heavy atom. The topological polar surface area (TPSA) is 35.2 Å². The second kappa shape index (κ2) is 6.46. The van der Waals surface area contributed by atoms with Gasteiger partial charge in [0.2, 0.25) is 0 Å². The zero-order chi connectivity index (χ0) is 11.1. The molecule has 2 heteroatoms. The maximum absolute atomic E-state index is 6.13. The van der Waals surface area contributed by atoms with E-state index in [2.05, 4.69) is 13.0 Å². The highest BCUT2D eigenvalue weighted by Gasteiger charge is 2.10. The van der Waals surface area contributed by atoms with Crippen LogP contribution in [0.3, 0.4) is 0 Å². The summed E-state index contributed by atoms with van der Waals surface area (Å²) in [6, 6.07) is 8.16. The molecule has 0 bridgehead atoms. The molecule has 0 aromatic heterocycles. The minimum Gasteiger partial charge on any atom is -0.494 e. The average molecular weight is 207 g/mol. The third kappa shape index (κ3) is 3.56. The molecule has 1 aromatic carbocycles. The standard InChI is InChI=1S/C13H21NO/c1-3-5-9-12(14)11-8-6-7-10-13(11)15-4-2/h6-8,10,12H,3-5,9,14H2,1-2H3/t12-/m1/s1. The van der Waals surface area contributed by atoms with Crippen LogP contribution in [0.25, 0.3) is 0 Å². The zero-order valence-electron chi connectivity index (χ0n) is 9.70. The molecule has 0 unspecified atom stereocenters. The fourth-order valence-corrected chi connectivity index (χ4v) is 1.65. The van der Waals surface area contributed by atoms with E-state index >= 15 is 0 Å². The molecule has 15 heavy (non-hydrogen) atoms. The van der Waals surface area contributed by atoms with Crippen molar-refractivity contribution >= 4 is 0 Å². The van der Waals surface area contributed by atoms with E-state index < -0.39 is 0 Å². The van der Waals surface area contributed by atoms with Gasteiger partial charge in [-0.1, -0.05) is 38.0 Å². The Kier molecular flexibility index (Phi) is 5.19. The van der Waals surface area contributed by atoms with Crippen molar-refractivity contribution in [1.29, 1.82) is 0 Å². The van der Waals surface area contributed by atoms with E-state index in [-0.39, 0.29) is 6.04 Å². The van der Waals surface area contributed by atoms with Crippen molar-refractivity contribution < 1.29 is 4.74 Å². The maximum atomic E-state index is 6.13. The number of nitrogens with two attached hydrogens (primary N) is 1. The van der Waals surface area contributed by atoms with Gasteiger partial charge < -0.3 is 10.5 Å². The number of unbranched alkanes of at least 4 members (excludes halogenated alkanes) is 1. The molecule has 1 aromatic rings. The second-order valence-corrected chi connectivity index (χ2v) is 3.72. The van der Waals surface area contributed by atoms with E-state index in [0.29, 0.717) is 6.61 Å². The van der Waals surface area contributed by atoms with Crippen LogP contribution >= 0.6 is 0 Å². The van der Waals surface area contributed by atoms with Crippen LogP contribution in [-0.2, 0) is 0 Å². The van der Waals surface area contributed by atoms with E-state index in [4.69, 9.17) is 10.5 Å². The number of hydrogen-bond donors (Lipinski definition) is 1. The molecule has 2 nitrogen and oxygen atoms in total. The first-order valence-corrected chi connectivity index (χ1v) is 5.76. The lowest BCUT2D eigenvalue weighted by atomic mass is 10.0. The molecule has 0 aliphatic carbocycles. The molecule has 0 aliphatic rings. The van der Waals surface area contributed by atoms with Crippen molar-refractivity contribution in [2.24, 2.45) is 5.73 Å². The van der Waals surface area contributed by atoms with Crippen LogP contribution < -0.4 is 10.5 Å². The van der Waals surface area contributed by atoms with Gasteiger partial charge in [0.15, 0.2) is 0 Å². The summed E-state index contributed by atoms with van der Waals surface area (Å²) in [5.41, 5.74) is 7.26. The molecule has 0 aliphatic heterocycles. The van der Waals surface area contributed by atoms with Crippen LogP contribution in [0.2, 0.25) is 0 Å². The Morgan fingerprint density at radius 2 is 2.00 bits per heavy atom. The molecule has 0 fully saturated rings. The summed E-state index contributed by atoms with van der Waals surface area (Å²) in [5.74, 6) is 0.934. The van der Waals surface area contributed by atoms with Gasteiger partial charge in [0.25, 0.3) is 0 Å². The van der Waals surface area contributed by atoms with Crippen LogP contribution in [0.15, 0.2) is 24.3 Å². The molecule has 1 rings (SSSR count). The third-order valence-corrected chi connectivity index (χ3v) is 2.49. The van der Waals surface area contributed by atoms with Crippen LogP contribution in [0.5, 0.6) is 5.75 Å². The first-order chi connectivity index (χ1) is 7.29. The largest absolute Gasteiger partial charge is 0.494 e. The zero-order valence-corrected chi connectivity index (χ0v) is 9.70. The summed E-state index contributed by atoms with van der Waals surface area (Å²) in [5, 5.41) is 0. The number of hydrogen-bond acceptors (Lipinski definition) is 2. The smallest absolute Gasteiger partial charge is 0.124 e. The minimum atomic E-state index is 0.104. The van der Waals surface area contributed by atoms with E-state index in [0.717, 1.165) is 17.7 Å². The first kappa shape index (κ1) is 12.1. The molecule has 0 heterocycles. The lowest BCUT2D eigenvalue weighted by Crippen LogP contribution is -2.11. The number of para-hydroxylation sites is 1. The monoisotopic (exact) mass is 207 g/mol. The van der Waals surface area contributed by atoms with Gasteiger partial charge in [0, 0.05) is 11.6 Å². The van der Waals surface area contributed by atoms with Crippen LogP contribution in [0, 0.1) is 0 Å². The summed E-state index contributed by atoms with van der Waals surface area (Å²) in [7, 11) is 0. The van der Waals surface area contributed by atoms with Crippen LogP contribution in [0.4, 0.5) is 0 Å². The summed E-state index contributed by atoms with van der Waals surface area (Å²) >= 11 is 0. The molecule has 0 amide bonds. The molecule has 84 valence electrons. The Labute approximate surface area is 92.4 Å². The summed E-state index contributed by atoms with van der Waals surface area (Å²) in [6.07, 6.45) is 3.38. The van der Waals surface area contributed by atoms with Gasteiger partial charge >= 0.3 is 0 Å². The molecule has 0 saturated heterocycles. The minimum absolute atomic E-state index is 0.104. The van der Waals surface area contributed by atoms with E-state index in [1.165, 1.54) is 12.8 Å². The van der Waals surface area contributed by atoms with Crippen LogP contribution in [-0.4, -0.2) is 6.61 Å². The fraction of sp³-hybridized carbons (Fsp3) is 0.538. The van der Waals surface area contributed by atoms with Gasteiger partial charge in [-0.15, -0.1) is 0 Å². The van der Waals surface area contributed by atoms with Crippen molar-refractivity contribution in [2.45, 2.75) is 39.2 Å². The number of rotatable bonds is 6. The molecule has 1 atom stereocenters. The van der Waals surface area contributed by atoms with Crippen molar-refractivity contribution in [3.63, 3.8) is 0 Å². The second-order valence-electron chi connectivity index (χ2n) is 3.72. The normalized spacial score (nSPS) is 12.5. The van der Waals surface area contributed by atoms with E-state index in [1.54, 1.807) is 0 Å². The van der Waals surface area contributed by atoms with Crippen molar-refractivity contribution in [2.75, 3.05) is 6.61 Å². The Balaban J connectivity index is 2.72. The highest BCUT2D eigenvalue weighted by molar-refractivity contribution is 5.35. The Hall–Kier alpha value is -1.02. The molecular weight excluding hydrogens is 186 g/mol. The molecular formula is C13H21NO. The predicted octanol–water partition coefficient (Wildman–Crippen LogP) is 3.28. The first-order valence-electron chi connectivity index (χ1n) is 5.76. The SMILES string of the molecule is CCCC[C@@H](N)c1ccccc1OCC. The van der Waals surface area contributed by atoms with Crippen LogP contribution in [0.1, 0.15) is 44.7 Å². The number of benzene rings is 1. The Morgan fingerprint density at radius 3 is 2.67 bits per heavy atom.